The van der Waals surface area contributed by atoms with Crippen molar-refractivity contribution < 1.29 is 14.3 Å². The highest BCUT2D eigenvalue weighted by atomic mass is 16.5. The number of para-hydroxylation sites is 1. The molecule has 0 saturated carbocycles. The van der Waals surface area contributed by atoms with E-state index in [0.29, 0.717) is 13.0 Å². The van der Waals surface area contributed by atoms with Gasteiger partial charge in [0.15, 0.2) is 6.10 Å². The molecule has 1 aromatic heterocycles. The van der Waals surface area contributed by atoms with E-state index >= 15 is 0 Å². The summed E-state index contributed by atoms with van der Waals surface area (Å²) in [5.41, 5.74) is 3.31. The van der Waals surface area contributed by atoms with Crippen LogP contribution in [0.3, 0.4) is 0 Å². The second-order valence-electron chi connectivity index (χ2n) is 7.25. The van der Waals surface area contributed by atoms with Crippen LogP contribution in [0.2, 0.25) is 0 Å². The van der Waals surface area contributed by atoms with E-state index in [2.05, 4.69) is 29.4 Å². The maximum atomic E-state index is 12.3. The lowest BCUT2D eigenvalue weighted by molar-refractivity contribution is -0.154. The largest absolute Gasteiger partial charge is 0.453 e. The molecule has 1 heterocycles. The van der Waals surface area contributed by atoms with E-state index in [9.17, 15) is 9.59 Å². The summed E-state index contributed by atoms with van der Waals surface area (Å²) in [6.45, 7) is 4.23. The van der Waals surface area contributed by atoms with E-state index in [1.54, 1.807) is 6.92 Å². The number of fused-ring (bicyclic) bond motifs is 1. The zero-order chi connectivity index (χ0) is 20.6. The molecule has 2 aromatic carbocycles. The summed E-state index contributed by atoms with van der Waals surface area (Å²) in [6.07, 6.45) is 2.84. The second-order valence-corrected chi connectivity index (χ2v) is 7.25. The molecule has 2 atom stereocenters. The number of benzene rings is 2. The molecule has 0 unspecified atom stereocenters. The summed E-state index contributed by atoms with van der Waals surface area (Å²) in [6, 6.07) is 18.1. The minimum Gasteiger partial charge on any atom is -0.453 e. The molecule has 29 heavy (non-hydrogen) atoms. The molecule has 1 amide bonds. The summed E-state index contributed by atoms with van der Waals surface area (Å²) in [7, 11) is 0. The first-order chi connectivity index (χ1) is 14.1. The average Bonchev–Trinajstić information content (AvgIpc) is 3.16. The molecular formula is C24H28N2O3. The number of aromatic amines is 1. The monoisotopic (exact) mass is 392 g/mol. The maximum absolute atomic E-state index is 12.3. The Balaban J connectivity index is 1.45. The number of amides is 1. The Hall–Kier alpha value is -3.08. The SMILES string of the molecule is CC[C@@H](CNC(=O)[C@@H](C)OC(=O)CCc1c[nH]c2ccccc12)c1ccccc1. The van der Waals surface area contributed by atoms with Gasteiger partial charge in [-0.15, -0.1) is 0 Å². The molecule has 5 nitrogen and oxygen atoms in total. The predicted octanol–water partition coefficient (Wildman–Crippen LogP) is 4.34. The number of aromatic nitrogens is 1. The zero-order valence-electron chi connectivity index (χ0n) is 17.0. The fraction of sp³-hybridized carbons (Fsp3) is 0.333. The number of ether oxygens (including phenoxy) is 1. The van der Waals surface area contributed by atoms with Gasteiger partial charge in [-0.1, -0.05) is 55.5 Å². The van der Waals surface area contributed by atoms with Gasteiger partial charge in [-0.2, -0.15) is 0 Å². The van der Waals surface area contributed by atoms with Crippen molar-refractivity contribution in [2.24, 2.45) is 0 Å². The van der Waals surface area contributed by atoms with Crippen LogP contribution in [0.4, 0.5) is 0 Å². The Bertz CT molecular complexity index is 949. The number of hydrogen-bond donors (Lipinski definition) is 2. The molecule has 0 aliphatic rings. The van der Waals surface area contributed by atoms with Gasteiger partial charge < -0.3 is 15.0 Å². The average molecular weight is 392 g/mol. The highest BCUT2D eigenvalue weighted by Crippen LogP contribution is 2.20. The fourth-order valence-electron chi connectivity index (χ4n) is 3.48. The maximum Gasteiger partial charge on any atom is 0.306 e. The van der Waals surface area contributed by atoms with Crippen molar-refractivity contribution in [3.05, 3.63) is 71.9 Å². The number of hydrogen-bond acceptors (Lipinski definition) is 3. The lowest BCUT2D eigenvalue weighted by Crippen LogP contribution is -2.38. The Labute approximate surface area is 171 Å². The number of esters is 1. The number of aryl methyl sites for hydroxylation is 1. The van der Waals surface area contributed by atoms with E-state index in [0.717, 1.165) is 22.9 Å². The molecule has 152 valence electrons. The van der Waals surface area contributed by atoms with Crippen LogP contribution in [0, 0.1) is 0 Å². The zero-order valence-corrected chi connectivity index (χ0v) is 17.0. The van der Waals surface area contributed by atoms with E-state index in [1.165, 1.54) is 5.56 Å². The predicted molar refractivity (Wildman–Crippen MR) is 115 cm³/mol. The first-order valence-electron chi connectivity index (χ1n) is 10.2. The van der Waals surface area contributed by atoms with Crippen molar-refractivity contribution in [1.29, 1.82) is 0 Å². The van der Waals surface area contributed by atoms with Crippen LogP contribution in [-0.4, -0.2) is 29.5 Å². The van der Waals surface area contributed by atoms with Crippen LogP contribution in [0.1, 0.15) is 43.7 Å². The van der Waals surface area contributed by atoms with Gasteiger partial charge in [0.05, 0.1) is 0 Å². The van der Waals surface area contributed by atoms with Gasteiger partial charge in [0.2, 0.25) is 0 Å². The summed E-state index contributed by atoms with van der Waals surface area (Å²) in [4.78, 5) is 27.7. The normalized spacial score (nSPS) is 13.0. The molecule has 3 aromatic rings. The van der Waals surface area contributed by atoms with Crippen molar-refractivity contribution >= 4 is 22.8 Å². The number of rotatable bonds is 9. The minimum absolute atomic E-state index is 0.237. The smallest absolute Gasteiger partial charge is 0.306 e. The highest BCUT2D eigenvalue weighted by Gasteiger charge is 2.19. The van der Waals surface area contributed by atoms with Crippen LogP contribution in [0.25, 0.3) is 10.9 Å². The van der Waals surface area contributed by atoms with Gasteiger partial charge >= 0.3 is 5.97 Å². The highest BCUT2D eigenvalue weighted by molar-refractivity contribution is 5.85. The third-order valence-electron chi connectivity index (χ3n) is 5.24. The number of nitrogens with one attached hydrogen (secondary N) is 2. The lowest BCUT2D eigenvalue weighted by Gasteiger charge is -2.18. The fourth-order valence-corrected chi connectivity index (χ4v) is 3.48. The van der Waals surface area contributed by atoms with E-state index < -0.39 is 6.10 Å². The summed E-state index contributed by atoms with van der Waals surface area (Å²) in [5.74, 6) is -0.391. The van der Waals surface area contributed by atoms with Crippen molar-refractivity contribution in [3.63, 3.8) is 0 Å². The van der Waals surface area contributed by atoms with Gasteiger partial charge in [-0.05, 0) is 37.0 Å². The van der Waals surface area contributed by atoms with Crippen molar-refractivity contribution in [2.45, 2.75) is 45.1 Å². The Morgan fingerprint density at radius 2 is 1.79 bits per heavy atom. The number of carbonyl (C=O) groups excluding carboxylic acids is 2. The molecule has 0 fully saturated rings. The first-order valence-corrected chi connectivity index (χ1v) is 10.2. The van der Waals surface area contributed by atoms with E-state index in [1.807, 2.05) is 48.7 Å². The summed E-state index contributed by atoms with van der Waals surface area (Å²) in [5, 5.41) is 4.02. The van der Waals surface area contributed by atoms with Crippen LogP contribution in [0.15, 0.2) is 60.8 Å². The Morgan fingerprint density at radius 1 is 1.07 bits per heavy atom. The molecule has 0 bridgehead atoms. The quantitative estimate of drug-likeness (QED) is 0.532. The van der Waals surface area contributed by atoms with Crippen molar-refractivity contribution in [2.75, 3.05) is 6.54 Å². The van der Waals surface area contributed by atoms with Crippen LogP contribution < -0.4 is 5.32 Å². The summed E-state index contributed by atoms with van der Waals surface area (Å²) >= 11 is 0. The van der Waals surface area contributed by atoms with Crippen molar-refractivity contribution in [3.8, 4) is 0 Å². The Morgan fingerprint density at radius 3 is 2.55 bits per heavy atom. The molecule has 5 heteroatoms. The van der Waals surface area contributed by atoms with Gasteiger partial charge in [-0.25, -0.2) is 0 Å². The van der Waals surface area contributed by atoms with Gasteiger partial charge in [0.25, 0.3) is 5.91 Å². The molecule has 2 N–H and O–H groups in total. The third-order valence-corrected chi connectivity index (χ3v) is 5.24. The van der Waals surface area contributed by atoms with Gasteiger partial charge in [0, 0.05) is 36.0 Å². The van der Waals surface area contributed by atoms with Crippen molar-refractivity contribution in [1.82, 2.24) is 10.3 Å². The van der Waals surface area contributed by atoms with E-state index in [4.69, 9.17) is 4.74 Å². The molecule has 0 radical (unpaired) electrons. The van der Waals surface area contributed by atoms with Crippen LogP contribution in [-0.2, 0) is 20.7 Å². The third kappa shape index (κ3) is 5.47. The molecule has 0 aliphatic heterocycles. The first kappa shape index (κ1) is 20.6. The number of H-pyrrole nitrogens is 1. The molecule has 0 aliphatic carbocycles. The second kappa shape index (κ2) is 9.92. The van der Waals surface area contributed by atoms with Crippen LogP contribution in [0.5, 0.6) is 0 Å². The van der Waals surface area contributed by atoms with Crippen LogP contribution >= 0.6 is 0 Å². The molecular weight excluding hydrogens is 364 g/mol. The number of carbonyl (C=O) groups is 2. The summed E-state index contributed by atoms with van der Waals surface area (Å²) < 4.78 is 5.33. The topological polar surface area (TPSA) is 71.2 Å². The van der Waals surface area contributed by atoms with Gasteiger partial charge in [-0.3, -0.25) is 9.59 Å². The molecule has 0 saturated heterocycles. The lowest BCUT2D eigenvalue weighted by atomic mass is 9.96. The molecule has 0 spiro atoms. The van der Waals surface area contributed by atoms with E-state index in [-0.39, 0.29) is 24.2 Å². The Kier molecular flexibility index (Phi) is 7.06. The molecule has 3 rings (SSSR count). The minimum atomic E-state index is -0.807. The van der Waals surface area contributed by atoms with Gasteiger partial charge in [0.1, 0.15) is 0 Å². The standard InChI is InChI=1S/C24H28N2O3/c1-3-18(19-9-5-4-6-10-19)15-26-24(28)17(2)29-23(27)14-13-20-16-25-22-12-8-7-11-21(20)22/h4-12,16-18,25H,3,13-15H2,1-2H3,(H,26,28)/t17-,18+/m1/s1.